The molecule has 71 heavy (non-hydrogen) atoms. The highest BCUT2D eigenvalue weighted by Gasteiger charge is 2.42. The van der Waals surface area contributed by atoms with E-state index in [1.807, 2.05) is 25.1 Å². The van der Waals surface area contributed by atoms with Crippen LogP contribution < -0.4 is 24.8 Å². The molecule has 4 aromatic carbocycles. The molecule has 4 amide bonds. The summed E-state index contributed by atoms with van der Waals surface area (Å²) in [4.78, 5) is 93.8. The lowest BCUT2D eigenvalue weighted by Gasteiger charge is -2.36. The number of methoxy groups -OCH3 is 2. The van der Waals surface area contributed by atoms with E-state index in [9.17, 15) is 38.9 Å². The van der Waals surface area contributed by atoms with Crippen LogP contribution in [-0.2, 0) is 41.7 Å². The van der Waals surface area contributed by atoms with Crippen LogP contribution in [0.3, 0.4) is 0 Å². The number of likely N-dealkylation sites (tertiary alicyclic amines) is 2. The Morgan fingerprint density at radius 1 is 0.873 bits per heavy atom. The van der Waals surface area contributed by atoms with Gasteiger partial charge in [-0.2, -0.15) is 12.6 Å². The molecule has 4 aromatic rings. The van der Waals surface area contributed by atoms with Gasteiger partial charge in [0.1, 0.15) is 37.2 Å². The minimum absolute atomic E-state index is 0.0751. The molecule has 18 nitrogen and oxygen atoms in total. The molecule has 0 saturated carbocycles. The number of thiol groups is 1. The highest BCUT2D eigenvalue weighted by atomic mass is 32.1. The third-order valence-electron chi connectivity index (χ3n) is 12.7. The van der Waals surface area contributed by atoms with Crippen LogP contribution in [0.15, 0.2) is 91.0 Å². The van der Waals surface area contributed by atoms with Crippen molar-refractivity contribution in [3.63, 3.8) is 0 Å². The van der Waals surface area contributed by atoms with E-state index in [4.69, 9.17) is 23.7 Å². The molecule has 0 aliphatic carbocycles. The van der Waals surface area contributed by atoms with Crippen molar-refractivity contribution >= 4 is 59.6 Å². The number of amides is 4. The number of nitrogens with zero attached hydrogens (tertiary/aromatic N) is 3. The maximum absolute atomic E-state index is 14.1. The molecule has 2 aliphatic rings. The second-order valence-corrected chi connectivity index (χ2v) is 18.7. The van der Waals surface area contributed by atoms with Crippen molar-refractivity contribution < 1.29 is 57.4 Å². The van der Waals surface area contributed by atoms with Crippen LogP contribution in [0.5, 0.6) is 17.2 Å². The average Bonchev–Trinajstić information content (AvgIpc) is 3.79. The van der Waals surface area contributed by atoms with Crippen molar-refractivity contribution in [3.05, 3.63) is 123 Å². The molecular weight excluding hydrogens is 935 g/mol. The number of piperidine rings is 1. The van der Waals surface area contributed by atoms with Crippen LogP contribution in [0, 0.1) is 15.5 Å². The van der Waals surface area contributed by atoms with Gasteiger partial charge in [0.2, 0.25) is 11.7 Å². The van der Waals surface area contributed by atoms with E-state index >= 15 is 0 Å². The Bertz CT molecular complexity index is 2570. The molecule has 19 heteroatoms. The molecule has 2 aliphatic heterocycles. The van der Waals surface area contributed by atoms with Gasteiger partial charge in [-0.25, -0.2) is 9.59 Å². The minimum atomic E-state index is -0.921. The number of nitrogens with one attached hydrogen (secondary N) is 2. The van der Waals surface area contributed by atoms with Gasteiger partial charge in [-0.15, -0.1) is 0 Å². The molecular formula is C52H61N5O13S. The standard InChI is InChI=1S/C52H61N5O13S/c1-6-52(2,3)46(58)49(61)55-25-8-7-15-41(55)50(62)70-43(22-18-33-19-23-44(66-4)45(27-33)67-5)35-11-10-14-39(29-35)68-26-24-53-47(59)36-12-9-13-37(28-36)54-48(60)42-30-40(71)31-56(42)51(63)69-32-34-16-20-38(21-17-34)57(64)65/h9-14,16-17,19-21,23,27-29,40-43,71H,6-8,15,18,22,24-26,30-32H2,1-5H3,(H,53,59)(H,54,60)/t40-,41-,42-,43+/m0/s1. The van der Waals surface area contributed by atoms with Gasteiger partial charge in [0, 0.05) is 47.1 Å². The summed E-state index contributed by atoms with van der Waals surface area (Å²) in [5.41, 5.74) is 1.71. The fourth-order valence-electron chi connectivity index (χ4n) is 8.26. The lowest BCUT2D eigenvalue weighted by molar-refractivity contribution is -0.384. The van der Waals surface area contributed by atoms with E-state index in [0.717, 1.165) is 5.56 Å². The zero-order valence-electron chi connectivity index (χ0n) is 40.6. The number of non-ortho nitro benzene ring substituents is 1. The number of esters is 1. The Morgan fingerprint density at radius 3 is 2.32 bits per heavy atom. The first-order chi connectivity index (χ1) is 34.0. The van der Waals surface area contributed by atoms with E-state index in [1.54, 1.807) is 70.5 Å². The van der Waals surface area contributed by atoms with Gasteiger partial charge >= 0.3 is 12.1 Å². The quantitative estimate of drug-likeness (QED) is 0.0182. The summed E-state index contributed by atoms with van der Waals surface area (Å²) in [7, 11) is 3.11. The van der Waals surface area contributed by atoms with Crippen molar-refractivity contribution in [2.24, 2.45) is 5.41 Å². The largest absolute Gasteiger partial charge is 0.493 e. The fraction of sp³-hybridized carbons (Fsp3) is 0.423. The average molecular weight is 996 g/mol. The predicted molar refractivity (Wildman–Crippen MR) is 266 cm³/mol. The first-order valence-corrected chi connectivity index (χ1v) is 24.1. The van der Waals surface area contributed by atoms with Gasteiger partial charge in [0.25, 0.3) is 17.5 Å². The number of benzene rings is 4. The van der Waals surface area contributed by atoms with Crippen LogP contribution in [0.2, 0.25) is 0 Å². The zero-order chi connectivity index (χ0) is 51.2. The molecule has 4 atom stereocenters. The molecule has 0 bridgehead atoms. The molecule has 378 valence electrons. The number of anilines is 1. The van der Waals surface area contributed by atoms with Gasteiger partial charge in [-0.3, -0.25) is 34.2 Å². The van der Waals surface area contributed by atoms with Gasteiger partial charge in [0.15, 0.2) is 11.5 Å². The maximum Gasteiger partial charge on any atom is 0.410 e. The number of nitro groups is 1. The highest BCUT2D eigenvalue weighted by molar-refractivity contribution is 7.81. The van der Waals surface area contributed by atoms with Crippen LogP contribution >= 0.6 is 12.6 Å². The second-order valence-electron chi connectivity index (χ2n) is 18.0. The summed E-state index contributed by atoms with van der Waals surface area (Å²) >= 11 is 4.50. The molecule has 0 spiro atoms. The molecule has 2 saturated heterocycles. The summed E-state index contributed by atoms with van der Waals surface area (Å²) in [6, 6.07) is 22.8. The monoisotopic (exact) mass is 995 g/mol. The Labute approximate surface area is 418 Å². The number of carbonyl (C=O) groups is 6. The van der Waals surface area contributed by atoms with Crippen molar-refractivity contribution in [2.45, 2.75) is 95.8 Å². The van der Waals surface area contributed by atoms with Gasteiger partial charge < -0.3 is 39.2 Å². The maximum atomic E-state index is 14.1. The van der Waals surface area contributed by atoms with Crippen molar-refractivity contribution in [2.75, 3.05) is 45.8 Å². The summed E-state index contributed by atoms with van der Waals surface area (Å²) < 4.78 is 28.7. The van der Waals surface area contributed by atoms with Crippen molar-refractivity contribution in [3.8, 4) is 17.2 Å². The van der Waals surface area contributed by atoms with E-state index in [-0.39, 0.29) is 55.8 Å². The summed E-state index contributed by atoms with van der Waals surface area (Å²) in [6.45, 7) is 5.77. The van der Waals surface area contributed by atoms with Crippen LogP contribution in [0.25, 0.3) is 0 Å². The third-order valence-corrected chi connectivity index (χ3v) is 13.1. The van der Waals surface area contributed by atoms with Gasteiger partial charge in [-0.05, 0) is 116 Å². The lowest BCUT2D eigenvalue weighted by atomic mass is 9.84. The second kappa shape index (κ2) is 24.6. The summed E-state index contributed by atoms with van der Waals surface area (Å²) in [6.07, 6.45) is 1.79. The van der Waals surface area contributed by atoms with Crippen LogP contribution in [0.4, 0.5) is 16.2 Å². The topological polar surface area (TPSA) is 222 Å². The highest BCUT2D eigenvalue weighted by Crippen LogP contribution is 2.33. The SMILES string of the molecule is CCC(C)(C)C(=O)C(=O)N1CCCC[C@H]1C(=O)O[C@H](CCc1ccc(OC)c(OC)c1)c1cccc(OCCNC(=O)c2cccc(NC(=O)[C@@H]3C[C@H](S)CN3C(=O)OCc3ccc([N+](=O)[O-])cc3)c2)c1. The van der Waals surface area contributed by atoms with E-state index in [2.05, 4.69) is 23.3 Å². The Balaban J connectivity index is 1.06. The molecule has 6 rings (SSSR count). The van der Waals surface area contributed by atoms with Crippen molar-refractivity contribution in [1.82, 2.24) is 15.1 Å². The summed E-state index contributed by atoms with van der Waals surface area (Å²) in [5, 5.41) is 16.3. The number of hydrogen-bond acceptors (Lipinski definition) is 14. The molecule has 0 radical (unpaired) electrons. The van der Waals surface area contributed by atoms with E-state index < -0.39 is 64.1 Å². The number of ether oxygens (including phenoxy) is 5. The van der Waals surface area contributed by atoms with Gasteiger partial charge in [0.05, 0.1) is 25.7 Å². The van der Waals surface area contributed by atoms with E-state index in [0.29, 0.717) is 72.6 Å². The first kappa shape index (κ1) is 53.2. The van der Waals surface area contributed by atoms with E-state index in [1.165, 1.54) is 40.1 Å². The predicted octanol–water partition coefficient (Wildman–Crippen LogP) is 7.67. The number of carbonyl (C=O) groups excluding carboxylic acids is 6. The normalized spacial score (nSPS) is 17.1. The number of ketones is 1. The van der Waals surface area contributed by atoms with Gasteiger partial charge in [-0.1, -0.05) is 45.0 Å². The Kier molecular flexibility index (Phi) is 18.4. The lowest BCUT2D eigenvalue weighted by Crippen LogP contribution is -2.53. The number of Topliss-reactive ketones (excluding diaryl/α,β-unsaturated/α-hetero) is 1. The van der Waals surface area contributed by atoms with Crippen LogP contribution in [0.1, 0.15) is 92.4 Å². The number of hydrogen-bond donors (Lipinski definition) is 3. The number of rotatable bonds is 21. The Morgan fingerprint density at radius 2 is 1.61 bits per heavy atom. The zero-order valence-corrected chi connectivity index (χ0v) is 41.4. The summed E-state index contributed by atoms with van der Waals surface area (Å²) in [5.74, 6) is -1.15. The Hall–Kier alpha value is -7.15. The molecule has 2 fully saturated rings. The first-order valence-electron chi connectivity index (χ1n) is 23.5. The van der Waals surface area contributed by atoms with Crippen LogP contribution in [-0.4, -0.2) is 108 Å². The fourth-order valence-corrected chi connectivity index (χ4v) is 8.63. The molecule has 2 heterocycles. The minimum Gasteiger partial charge on any atom is -0.493 e. The molecule has 0 aromatic heterocycles. The number of nitro benzene ring substituents is 1. The number of aryl methyl sites for hydroxylation is 1. The smallest absolute Gasteiger partial charge is 0.410 e. The van der Waals surface area contributed by atoms with Crippen molar-refractivity contribution in [1.29, 1.82) is 0 Å². The third kappa shape index (κ3) is 14.0. The molecule has 0 unspecified atom stereocenters. The molecule has 2 N–H and O–H groups in total.